The predicted molar refractivity (Wildman–Crippen MR) is 128 cm³/mol. The summed E-state index contributed by atoms with van der Waals surface area (Å²) in [5, 5.41) is 1.73. The number of methoxy groups -OCH3 is 1. The van der Waals surface area contributed by atoms with E-state index in [0.717, 1.165) is 35.7 Å². The van der Waals surface area contributed by atoms with E-state index in [-0.39, 0.29) is 27.0 Å². The zero-order valence-corrected chi connectivity index (χ0v) is 20.1. The number of hydrogen-bond donors (Lipinski definition) is 1. The second-order valence-corrected chi connectivity index (χ2v) is 10.9. The standard InChI is InChI=1S/C26H28FNO3S/c1-14-11-18-19(26(4,5)10-9-25(18,2)3)13-17(14)16-8-7-15(21(27)22(16)31-6)12-20-23(29)28-24(30)32-20/h7-8,11-13H,9-10H2,1-6H3,(H,28,29,30). The smallest absolute Gasteiger partial charge is 0.290 e. The van der Waals surface area contributed by atoms with Gasteiger partial charge in [-0.15, -0.1) is 0 Å². The van der Waals surface area contributed by atoms with Crippen molar-refractivity contribution in [3.8, 4) is 16.9 Å². The van der Waals surface area contributed by atoms with Crippen LogP contribution in [0.2, 0.25) is 0 Å². The first kappa shape index (κ1) is 22.6. The summed E-state index contributed by atoms with van der Waals surface area (Å²) in [5.74, 6) is -0.940. The van der Waals surface area contributed by atoms with Crippen molar-refractivity contribution in [2.75, 3.05) is 7.11 Å². The van der Waals surface area contributed by atoms with Gasteiger partial charge in [-0.05, 0) is 82.8 Å². The van der Waals surface area contributed by atoms with Crippen LogP contribution in [0.1, 0.15) is 62.8 Å². The molecule has 2 aromatic rings. The number of aryl methyl sites for hydroxylation is 1. The minimum atomic E-state index is -0.554. The van der Waals surface area contributed by atoms with Crippen LogP contribution in [0.25, 0.3) is 17.2 Å². The number of rotatable bonds is 3. The molecule has 0 radical (unpaired) electrons. The number of benzene rings is 2. The molecule has 1 fully saturated rings. The zero-order chi connectivity index (χ0) is 23.4. The summed E-state index contributed by atoms with van der Waals surface area (Å²) in [5.41, 5.74) is 5.65. The van der Waals surface area contributed by atoms with Crippen molar-refractivity contribution in [1.82, 2.24) is 5.32 Å². The molecule has 0 saturated carbocycles. The highest BCUT2D eigenvalue weighted by Gasteiger charge is 2.37. The van der Waals surface area contributed by atoms with Gasteiger partial charge < -0.3 is 4.74 Å². The van der Waals surface area contributed by atoms with Gasteiger partial charge in [0, 0.05) is 11.1 Å². The summed E-state index contributed by atoms with van der Waals surface area (Å²) in [6.45, 7) is 11.1. The van der Waals surface area contributed by atoms with Crippen LogP contribution in [0.5, 0.6) is 5.75 Å². The molecule has 0 spiro atoms. The van der Waals surface area contributed by atoms with Crippen molar-refractivity contribution in [3.63, 3.8) is 0 Å². The summed E-state index contributed by atoms with van der Waals surface area (Å²) < 4.78 is 20.9. The molecule has 0 atom stereocenters. The average molecular weight is 454 g/mol. The first-order chi connectivity index (χ1) is 14.9. The lowest BCUT2D eigenvalue weighted by atomic mass is 9.62. The van der Waals surface area contributed by atoms with Crippen LogP contribution in [0, 0.1) is 12.7 Å². The molecule has 1 heterocycles. The number of thioether (sulfide) groups is 1. The maximum atomic E-state index is 15.4. The van der Waals surface area contributed by atoms with E-state index in [1.165, 1.54) is 24.3 Å². The largest absolute Gasteiger partial charge is 0.493 e. The van der Waals surface area contributed by atoms with E-state index in [0.29, 0.717) is 5.56 Å². The number of carbonyl (C=O) groups is 2. The van der Waals surface area contributed by atoms with E-state index in [1.54, 1.807) is 6.07 Å². The molecule has 2 amide bonds. The molecule has 0 bridgehead atoms. The van der Waals surface area contributed by atoms with Crippen LogP contribution >= 0.6 is 11.8 Å². The van der Waals surface area contributed by atoms with Crippen molar-refractivity contribution >= 4 is 29.0 Å². The summed E-state index contributed by atoms with van der Waals surface area (Å²) in [4.78, 5) is 23.5. The molecule has 1 aliphatic carbocycles. The molecule has 4 rings (SSSR count). The highest BCUT2D eigenvalue weighted by molar-refractivity contribution is 8.18. The number of ether oxygens (including phenoxy) is 1. The monoisotopic (exact) mass is 453 g/mol. The third kappa shape index (κ3) is 3.75. The molecular formula is C26H28FNO3S. The SMILES string of the molecule is COc1c(-c2cc3c(cc2C)C(C)(C)CCC3(C)C)ccc(C=C2SC(=O)NC2=O)c1F. The van der Waals surface area contributed by atoms with E-state index >= 15 is 4.39 Å². The molecule has 0 unspecified atom stereocenters. The number of amides is 2. The van der Waals surface area contributed by atoms with Crippen LogP contribution in [0.15, 0.2) is 29.2 Å². The maximum absolute atomic E-state index is 15.4. The molecule has 32 heavy (non-hydrogen) atoms. The molecule has 2 aromatic carbocycles. The fraction of sp³-hybridized carbons (Fsp3) is 0.385. The van der Waals surface area contributed by atoms with Crippen molar-refractivity contribution in [2.45, 2.75) is 58.3 Å². The Morgan fingerprint density at radius 3 is 2.22 bits per heavy atom. The van der Waals surface area contributed by atoms with Gasteiger partial charge in [-0.3, -0.25) is 14.9 Å². The quantitative estimate of drug-likeness (QED) is 0.540. The highest BCUT2D eigenvalue weighted by Crippen LogP contribution is 2.48. The van der Waals surface area contributed by atoms with Crippen molar-refractivity contribution in [3.05, 3.63) is 57.2 Å². The zero-order valence-electron chi connectivity index (χ0n) is 19.3. The molecule has 1 saturated heterocycles. The Kier molecular flexibility index (Phi) is 5.48. The molecule has 4 nitrogen and oxygen atoms in total. The highest BCUT2D eigenvalue weighted by atomic mass is 32.2. The number of carbonyl (C=O) groups excluding carboxylic acids is 2. The fourth-order valence-electron chi connectivity index (χ4n) is 4.67. The lowest BCUT2D eigenvalue weighted by Gasteiger charge is -2.42. The summed E-state index contributed by atoms with van der Waals surface area (Å²) in [6.07, 6.45) is 3.60. The van der Waals surface area contributed by atoms with Crippen LogP contribution in [0.4, 0.5) is 9.18 Å². The number of hydrogen-bond acceptors (Lipinski definition) is 4. The first-order valence-corrected chi connectivity index (χ1v) is 11.5. The Bertz CT molecular complexity index is 1180. The Balaban J connectivity index is 1.86. The van der Waals surface area contributed by atoms with E-state index in [9.17, 15) is 9.59 Å². The number of fused-ring (bicyclic) bond motifs is 1. The summed E-state index contributed by atoms with van der Waals surface area (Å²) in [7, 11) is 1.44. The van der Waals surface area contributed by atoms with Crippen LogP contribution in [-0.2, 0) is 15.6 Å². The number of imide groups is 1. The number of halogens is 1. The Morgan fingerprint density at radius 1 is 1.03 bits per heavy atom. The molecular weight excluding hydrogens is 425 g/mol. The van der Waals surface area contributed by atoms with E-state index < -0.39 is 17.0 Å². The minimum Gasteiger partial charge on any atom is -0.493 e. The van der Waals surface area contributed by atoms with E-state index in [2.05, 4.69) is 45.1 Å². The van der Waals surface area contributed by atoms with Crippen molar-refractivity contribution < 1.29 is 18.7 Å². The Hall–Kier alpha value is -2.60. The normalized spacial score (nSPS) is 20.3. The lowest BCUT2D eigenvalue weighted by Crippen LogP contribution is -2.34. The maximum Gasteiger partial charge on any atom is 0.290 e. The molecule has 0 aromatic heterocycles. The van der Waals surface area contributed by atoms with Gasteiger partial charge in [0.15, 0.2) is 11.6 Å². The van der Waals surface area contributed by atoms with Gasteiger partial charge >= 0.3 is 0 Å². The molecule has 2 aliphatic rings. The van der Waals surface area contributed by atoms with Crippen LogP contribution in [-0.4, -0.2) is 18.3 Å². The Labute approximate surface area is 192 Å². The van der Waals surface area contributed by atoms with Crippen LogP contribution < -0.4 is 10.1 Å². The lowest BCUT2D eigenvalue weighted by molar-refractivity contribution is -0.115. The van der Waals surface area contributed by atoms with Crippen molar-refractivity contribution in [2.24, 2.45) is 0 Å². The fourth-order valence-corrected chi connectivity index (χ4v) is 5.34. The average Bonchev–Trinajstić information content (AvgIpc) is 3.03. The van der Waals surface area contributed by atoms with Crippen LogP contribution in [0.3, 0.4) is 0 Å². The number of nitrogens with one attached hydrogen (secondary N) is 1. The first-order valence-electron chi connectivity index (χ1n) is 10.7. The molecule has 1 N–H and O–H groups in total. The van der Waals surface area contributed by atoms with Gasteiger partial charge in [0.05, 0.1) is 12.0 Å². The van der Waals surface area contributed by atoms with Gasteiger partial charge in [-0.25, -0.2) is 4.39 Å². The predicted octanol–water partition coefficient (Wildman–Crippen LogP) is 6.48. The van der Waals surface area contributed by atoms with Gasteiger partial charge in [-0.2, -0.15) is 0 Å². The topological polar surface area (TPSA) is 55.4 Å². The molecule has 1 aliphatic heterocycles. The van der Waals surface area contributed by atoms with Crippen molar-refractivity contribution in [1.29, 1.82) is 0 Å². The van der Waals surface area contributed by atoms with Gasteiger partial charge in [-0.1, -0.05) is 39.8 Å². The minimum absolute atomic E-state index is 0.0308. The third-order valence-electron chi connectivity index (χ3n) is 6.75. The second kappa shape index (κ2) is 7.77. The second-order valence-electron chi connectivity index (χ2n) is 9.88. The van der Waals surface area contributed by atoms with E-state index in [4.69, 9.17) is 4.74 Å². The summed E-state index contributed by atoms with van der Waals surface area (Å²) >= 11 is 0.763. The Morgan fingerprint density at radius 2 is 1.66 bits per heavy atom. The van der Waals surface area contributed by atoms with E-state index in [1.807, 2.05) is 13.0 Å². The third-order valence-corrected chi connectivity index (χ3v) is 7.56. The molecule has 6 heteroatoms. The van der Waals surface area contributed by atoms with Gasteiger partial charge in [0.1, 0.15) is 0 Å². The summed E-state index contributed by atoms with van der Waals surface area (Å²) in [6, 6.07) is 7.89. The van der Waals surface area contributed by atoms with Gasteiger partial charge in [0.2, 0.25) is 0 Å². The van der Waals surface area contributed by atoms with Gasteiger partial charge in [0.25, 0.3) is 11.1 Å². The molecule has 168 valence electrons.